The zero-order valence-corrected chi connectivity index (χ0v) is 14.4. The van der Waals surface area contributed by atoms with Crippen molar-refractivity contribution in [3.63, 3.8) is 0 Å². The molecule has 4 rings (SSSR count). The number of nitrogens with zero attached hydrogens (tertiary/aromatic N) is 1. The number of carbonyl (C=O) groups excluding carboxylic acids is 2. The molecule has 6 nitrogen and oxygen atoms in total. The molecule has 6 heteroatoms. The first-order valence-corrected chi connectivity index (χ1v) is 8.20. The van der Waals surface area contributed by atoms with Crippen molar-refractivity contribution in [2.45, 2.75) is 6.42 Å². The van der Waals surface area contributed by atoms with E-state index < -0.39 is 0 Å². The Hall–Kier alpha value is -3.28. The number of amides is 1. The average Bonchev–Trinajstić information content (AvgIpc) is 3.29. The summed E-state index contributed by atoms with van der Waals surface area (Å²) in [5.41, 5.74) is 3.36. The Morgan fingerprint density at radius 1 is 1.12 bits per heavy atom. The van der Waals surface area contributed by atoms with E-state index in [1.54, 1.807) is 48.4 Å². The van der Waals surface area contributed by atoms with Gasteiger partial charge in [0.25, 0.3) is 5.91 Å². The molecule has 0 bridgehead atoms. The smallest absolute Gasteiger partial charge is 0.337 e. The zero-order chi connectivity index (χ0) is 18.3. The highest BCUT2D eigenvalue weighted by Crippen LogP contribution is 2.33. The summed E-state index contributed by atoms with van der Waals surface area (Å²) in [4.78, 5) is 26.5. The van der Waals surface area contributed by atoms with E-state index in [1.165, 1.54) is 13.4 Å². The molecule has 1 amide bonds. The number of esters is 1. The summed E-state index contributed by atoms with van der Waals surface area (Å²) in [6.45, 7) is 0.551. The van der Waals surface area contributed by atoms with Crippen LogP contribution in [0.3, 0.4) is 0 Å². The summed E-state index contributed by atoms with van der Waals surface area (Å²) < 4.78 is 15.5. The van der Waals surface area contributed by atoms with Gasteiger partial charge in [-0.1, -0.05) is 0 Å². The van der Waals surface area contributed by atoms with Crippen molar-refractivity contribution in [2.75, 3.05) is 25.7 Å². The van der Waals surface area contributed by atoms with Gasteiger partial charge in [-0.05, 0) is 48.4 Å². The topological polar surface area (TPSA) is 69.0 Å². The number of rotatable bonds is 3. The SMILES string of the molecule is COC(=O)c1ccc2c(c1)CCN2C(=O)c1coc2ccc(OC)cc12. The summed E-state index contributed by atoms with van der Waals surface area (Å²) in [6.07, 6.45) is 2.16. The van der Waals surface area contributed by atoms with E-state index in [0.717, 1.165) is 11.3 Å². The van der Waals surface area contributed by atoms with Gasteiger partial charge in [-0.25, -0.2) is 4.79 Å². The molecule has 26 heavy (non-hydrogen) atoms. The number of ether oxygens (including phenoxy) is 2. The van der Waals surface area contributed by atoms with Gasteiger partial charge in [0.1, 0.15) is 17.6 Å². The van der Waals surface area contributed by atoms with Crippen LogP contribution in [0.25, 0.3) is 11.0 Å². The van der Waals surface area contributed by atoms with Crippen LogP contribution in [0.1, 0.15) is 26.3 Å². The molecule has 2 aromatic carbocycles. The van der Waals surface area contributed by atoms with Crippen molar-refractivity contribution in [2.24, 2.45) is 0 Å². The molecule has 0 fully saturated rings. The molecule has 0 spiro atoms. The highest BCUT2D eigenvalue weighted by molar-refractivity contribution is 6.14. The normalized spacial score (nSPS) is 12.9. The Balaban J connectivity index is 1.70. The van der Waals surface area contributed by atoms with E-state index in [2.05, 4.69) is 0 Å². The largest absolute Gasteiger partial charge is 0.497 e. The molecule has 1 aliphatic rings. The third kappa shape index (κ3) is 2.50. The molecule has 1 aliphatic heterocycles. The van der Waals surface area contributed by atoms with Gasteiger partial charge < -0.3 is 18.8 Å². The van der Waals surface area contributed by atoms with Crippen molar-refractivity contribution in [3.8, 4) is 5.75 Å². The summed E-state index contributed by atoms with van der Waals surface area (Å²) in [6, 6.07) is 10.6. The fraction of sp³-hybridized carbons (Fsp3) is 0.200. The van der Waals surface area contributed by atoms with Gasteiger partial charge in [0.05, 0.1) is 25.3 Å². The molecule has 0 saturated carbocycles. The predicted molar refractivity (Wildman–Crippen MR) is 95.9 cm³/mol. The number of fused-ring (bicyclic) bond motifs is 2. The second kappa shape index (κ2) is 6.22. The predicted octanol–water partition coefficient (Wildman–Crippen LogP) is 3.43. The van der Waals surface area contributed by atoms with Crippen molar-refractivity contribution in [3.05, 3.63) is 59.4 Å². The summed E-state index contributed by atoms with van der Waals surface area (Å²) >= 11 is 0. The fourth-order valence-corrected chi connectivity index (χ4v) is 3.30. The molecule has 2 heterocycles. The van der Waals surface area contributed by atoms with Gasteiger partial charge in [0.15, 0.2) is 0 Å². The van der Waals surface area contributed by atoms with Gasteiger partial charge in [0.2, 0.25) is 0 Å². The second-order valence-electron chi connectivity index (χ2n) is 6.05. The third-order valence-electron chi connectivity index (χ3n) is 4.65. The number of hydrogen-bond donors (Lipinski definition) is 0. The third-order valence-corrected chi connectivity index (χ3v) is 4.65. The van der Waals surface area contributed by atoms with E-state index in [1.807, 2.05) is 0 Å². The lowest BCUT2D eigenvalue weighted by Gasteiger charge is -2.17. The van der Waals surface area contributed by atoms with E-state index in [9.17, 15) is 9.59 Å². The van der Waals surface area contributed by atoms with Gasteiger partial charge in [0, 0.05) is 17.6 Å². The van der Waals surface area contributed by atoms with Gasteiger partial charge in [-0.2, -0.15) is 0 Å². The second-order valence-corrected chi connectivity index (χ2v) is 6.05. The van der Waals surface area contributed by atoms with Crippen molar-refractivity contribution < 1.29 is 23.5 Å². The molecule has 132 valence electrons. The van der Waals surface area contributed by atoms with E-state index >= 15 is 0 Å². The van der Waals surface area contributed by atoms with Crippen LogP contribution in [-0.2, 0) is 11.2 Å². The quantitative estimate of drug-likeness (QED) is 0.676. The number of methoxy groups -OCH3 is 2. The maximum absolute atomic E-state index is 13.1. The van der Waals surface area contributed by atoms with E-state index in [4.69, 9.17) is 13.9 Å². The lowest BCUT2D eigenvalue weighted by Crippen LogP contribution is -2.28. The highest BCUT2D eigenvalue weighted by Gasteiger charge is 2.28. The molecule has 0 saturated heterocycles. The zero-order valence-electron chi connectivity index (χ0n) is 14.4. The fourth-order valence-electron chi connectivity index (χ4n) is 3.30. The lowest BCUT2D eigenvalue weighted by molar-refractivity contribution is 0.0600. The highest BCUT2D eigenvalue weighted by atomic mass is 16.5. The first-order valence-electron chi connectivity index (χ1n) is 8.20. The van der Waals surface area contributed by atoms with Crippen LogP contribution in [0, 0.1) is 0 Å². The first-order chi connectivity index (χ1) is 12.6. The number of benzene rings is 2. The van der Waals surface area contributed by atoms with Crippen molar-refractivity contribution in [1.82, 2.24) is 0 Å². The van der Waals surface area contributed by atoms with E-state index in [0.29, 0.717) is 40.8 Å². The minimum atomic E-state index is -0.384. The number of hydrogen-bond acceptors (Lipinski definition) is 5. The Morgan fingerprint density at radius 2 is 1.96 bits per heavy atom. The van der Waals surface area contributed by atoms with Crippen LogP contribution in [0.15, 0.2) is 47.1 Å². The number of carbonyl (C=O) groups is 2. The standard InChI is InChI=1S/C20H17NO5/c1-24-14-4-6-18-15(10-14)16(11-26-18)19(22)21-8-7-12-9-13(20(23)25-2)3-5-17(12)21/h3-6,9-11H,7-8H2,1-2H3. The van der Waals surface area contributed by atoms with Crippen LogP contribution >= 0.6 is 0 Å². The molecule has 0 radical (unpaired) electrons. The molecule has 0 N–H and O–H groups in total. The first kappa shape index (κ1) is 16.2. The van der Waals surface area contributed by atoms with Crippen LogP contribution < -0.4 is 9.64 Å². The average molecular weight is 351 g/mol. The van der Waals surface area contributed by atoms with Gasteiger partial charge in [-0.15, -0.1) is 0 Å². The summed E-state index contributed by atoms with van der Waals surface area (Å²) in [5.74, 6) is 0.143. The molecule has 1 aromatic heterocycles. The molecular formula is C20H17NO5. The van der Waals surface area contributed by atoms with Crippen LogP contribution in [0.2, 0.25) is 0 Å². The minimum absolute atomic E-state index is 0.137. The Bertz CT molecular complexity index is 1020. The molecular weight excluding hydrogens is 334 g/mol. The number of furan rings is 1. The van der Waals surface area contributed by atoms with Crippen LogP contribution in [0.4, 0.5) is 5.69 Å². The van der Waals surface area contributed by atoms with Gasteiger partial charge >= 0.3 is 5.97 Å². The van der Waals surface area contributed by atoms with Crippen molar-refractivity contribution in [1.29, 1.82) is 0 Å². The molecule has 0 unspecified atom stereocenters. The maximum atomic E-state index is 13.1. The summed E-state index contributed by atoms with van der Waals surface area (Å²) in [7, 11) is 2.93. The lowest BCUT2D eigenvalue weighted by atomic mass is 10.1. The Morgan fingerprint density at radius 3 is 2.73 bits per heavy atom. The Kier molecular flexibility index (Phi) is 3.88. The summed E-state index contributed by atoms with van der Waals surface area (Å²) in [5, 5.41) is 0.717. The van der Waals surface area contributed by atoms with Crippen LogP contribution in [0.5, 0.6) is 5.75 Å². The molecule has 0 atom stereocenters. The molecule has 3 aromatic rings. The Labute approximate surface area is 149 Å². The minimum Gasteiger partial charge on any atom is -0.497 e. The van der Waals surface area contributed by atoms with Gasteiger partial charge in [-0.3, -0.25) is 4.79 Å². The van der Waals surface area contributed by atoms with E-state index in [-0.39, 0.29) is 11.9 Å². The molecule has 0 aliphatic carbocycles. The monoisotopic (exact) mass is 351 g/mol. The maximum Gasteiger partial charge on any atom is 0.337 e. The van der Waals surface area contributed by atoms with Crippen molar-refractivity contribution >= 4 is 28.5 Å². The number of anilines is 1. The van der Waals surface area contributed by atoms with Crippen LogP contribution in [-0.4, -0.2) is 32.6 Å².